The number of nitrogens with zero attached hydrogens (tertiary/aromatic N) is 3. The minimum absolute atomic E-state index is 0.665. The lowest BCUT2D eigenvalue weighted by atomic mass is 10.0. The van der Waals surface area contributed by atoms with Gasteiger partial charge in [-0.05, 0) is 61.1 Å². The van der Waals surface area contributed by atoms with Crippen LogP contribution in [0.25, 0.3) is 0 Å². The van der Waals surface area contributed by atoms with E-state index in [4.69, 9.17) is 0 Å². The second kappa shape index (κ2) is 5.23. The lowest BCUT2D eigenvalue weighted by Crippen LogP contribution is -2.28. The topological polar surface area (TPSA) is 29.0 Å². The molecule has 0 spiro atoms. The Labute approximate surface area is 105 Å². The van der Waals surface area contributed by atoms with Crippen LogP contribution < -0.4 is 0 Å². The Kier molecular flexibility index (Phi) is 3.92. The van der Waals surface area contributed by atoms with Crippen molar-refractivity contribution in [2.45, 2.75) is 32.7 Å². The van der Waals surface area contributed by atoms with Crippen molar-refractivity contribution < 1.29 is 0 Å². The molecule has 16 heavy (non-hydrogen) atoms. The smallest absolute Gasteiger partial charge is 0.0645 e. The van der Waals surface area contributed by atoms with E-state index in [9.17, 15) is 0 Å². The van der Waals surface area contributed by atoms with Crippen molar-refractivity contribution in [2.24, 2.45) is 5.92 Å². The third-order valence-electron chi connectivity index (χ3n) is 3.22. The molecule has 1 aromatic heterocycles. The van der Waals surface area contributed by atoms with Crippen LogP contribution in [0.1, 0.15) is 26.0 Å². The van der Waals surface area contributed by atoms with E-state index in [0.717, 1.165) is 22.5 Å². The Hall–Kier alpha value is -0.480. The van der Waals surface area contributed by atoms with Gasteiger partial charge in [0.15, 0.2) is 0 Å². The first-order valence-corrected chi connectivity index (χ1v) is 6.65. The fraction of sp³-hybridized carbons (Fsp3) is 0.667. The van der Waals surface area contributed by atoms with E-state index in [1.165, 1.54) is 19.5 Å². The summed E-state index contributed by atoms with van der Waals surface area (Å²) >= 11 is 3.43. The lowest BCUT2D eigenvalue weighted by molar-refractivity contribution is 0.264. The van der Waals surface area contributed by atoms with Crippen LogP contribution in [0, 0.1) is 5.92 Å². The Bertz CT molecular complexity index is 354. The van der Waals surface area contributed by atoms with Crippen molar-refractivity contribution in [3.63, 3.8) is 0 Å². The summed E-state index contributed by atoms with van der Waals surface area (Å²) < 4.78 is 1.02. The van der Waals surface area contributed by atoms with Crippen molar-refractivity contribution in [3.8, 4) is 0 Å². The maximum Gasteiger partial charge on any atom is 0.0645 e. The summed E-state index contributed by atoms with van der Waals surface area (Å²) in [5, 5.41) is 8.14. The molecule has 0 aliphatic carbocycles. The molecule has 0 radical (unpaired) electrons. The fourth-order valence-electron chi connectivity index (χ4n) is 2.28. The van der Waals surface area contributed by atoms with Crippen LogP contribution >= 0.6 is 15.9 Å². The number of rotatable bonds is 3. The Morgan fingerprint density at radius 2 is 2.38 bits per heavy atom. The van der Waals surface area contributed by atoms with Gasteiger partial charge in [-0.1, -0.05) is 0 Å². The second-order valence-electron chi connectivity index (χ2n) is 4.81. The minimum Gasteiger partial charge on any atom is -0.301 e. The van der Waals surface area contributed by atoms with Crippen LogP contribution in [0.4, 0.5) is 0 Å². The van der Waals surface area contributed by atoms with Gasteiger partial charge in [0, 0.05) is 17.1 Å². The molecule has 0 saturated carbocycles. The number of aromatic nitrogens is 2. The largest absolute Gasteiger partial charge is 0.301 e. The summed E-state index contributed by atoms with van der Waals surface area (Å²) in [5.74, 6) is 0.742. The summed E-state index contributed by atoms with van der Waals surface area (Å²) in [4.78, 5) is 2.54. The normalized spacial score (nSPS) is 21.9. The molecule has 2 heterocycles. The predicted octanol–water partition coefficient (Wildman–Crippen LogP) is 2.51. The predicted molar refractivity (Wildman–Crippen MR) is 68.3 cm³/mol. The van der Waals surface area contributed by atoms with Gasteiger partial charge in [0.25, 0.3) is 0 Å². The fourth-order valence-corrected chi connectivity index (χ4v) is 2.63. The van der Waals surface area contributed by atoms with Crippen LogP contribution in [0.5, 0.6) is 0 Å². The number of halogens is 1. The first-order valence-electron chi connectivity index (χ1n) is 5.86. The minimum atomic E-state index is 0.665. The molecule has 1 aliphatic rings. The third-order valence-corrected chi connectivity index (χ3v) is 3.65. The summed E-state index contributed by atoms with van der Waals surface area (Å²) in [7, 11) is 0. The standard InChI is InChI=1S/C12H18BrN3/c1-9(2)16-4-3-10(8-16)5-12-6-11(13)7-14-15-12/h6-7,9-10H,3-5,8H2,1-2H3. The first kappa shape index (κ1) is 12.0. The van der Waals surface area contributed by atoms with E-state index in [1.54, 1.807) is 6.20 Å². The second-order valence-corrected chi connectivity index (χ2v) is 5.73. The SMILES string of the molecule is CC(C)N1CCC(Cc2cc(Br)cnn2)C1. The molecule has 0 aromatic carbocycles. The zero-order chi connectivity index (χ0) is 11.5. The van der Waals surface area contributed by atoms with Gasteiger partial charge in [0.1, 0.15) is 0 Å². The van der Waals surface area contributed by atoms with Gasteiger partial charge in [-0.2, -0.15) is 10.2 Å². The van der Waals surface area contributed by atoms with Crippen molar-refractivity contribution in [2.75, 3.05) is 13.1 Å². The van der Waals surface area contributed by atoms with E-state index >= 15 is 0 Å². The highest BCUT2D eigenvalue weighted by molar-refractivity contribution is 9.10. The molecule has 4 heteroatoms. The van der Waals surface area contributed by atoms with Crippen molar-refractivity contribution >= 4 is 15.9 Å². The third kappa shape index (κ3) is 3.01. The Morgan fingerprint density at radius 3 is 3.00 bits per heavy atom. The van der Waals surface area contributed by atoms with Gasteiger partial charge in [-0.3, -0.25) is 0 Å². The maximum atomic E-state index is 4.17. The van der Waals surface area contributed by atoms with E-state index in [1.807, 2.05) is 0 Å². The van der Waals surface area contributed by atoms with Crippen LogP contribution in [0.15, 0.2) is 16.7 Å². The van der Waals surface area contributed by atoms with Gasteiger partial charge < -0.3 is 4.90 Å². The molecule has 0 bridgehead atoms. The van der Waals surface area contributed by atoms with Crippen molar-refractivity contribution in [1.29, 1.82) is 0 Å². The van der Waals surface area contributed by atoms with E-state index in [2.05, 4.69) is 50.9 Å². The number of hydrogen-bond donors (Lipinski definition) is 0. The number of likely N-dealkylation sites (tertiary alicyclic amines) is 1. The van der Waals surface area contributed by atoms with Crippen LogP contribution in [-0.4, -0.2) is 34.2 Å². The Morgan fingerprint density at radius 1 is 1.56 bits per heavy atom. The summed E-state index contributed by atoms with van der Waals surface area (Å²) in [6.45, 7) is 6.96. The molecular formula is C12H18BrN3. The summed E-state index contributed by atoms with van der Waals surface area (Å²) in [6, 6.07) is 2.74. The monoisotopic (exact) mass is 283 g/mol. The van der Waals surface area contributed by atoms with Crippen LogP contribution in [0.3, 0.4) is 0 Å². The molecule has 1 unspecified atom stereocenters. The van der Waals surface area contributed by atoms with Crippen LogP contribution in [0.2, 0.25) is 0 Å². The van der Waals surface area contributed by atoms with Gasteiger partial charge in [-0.15, -0.1) is 0 Å². The molecular weight excluding hydrogens is 266 g/mol. The molecule has 0 N–H and O–H groups in total. The lowest BCUT2D eigenvalue weighted by Gasteiger charge is -2.20. The number of hydrogen-bond acceptors (Lipinski definition) is 3. The zero-order valence-electron chi connectivity index (χ0n) is 9.86. The molecule has 1 aliphatic heterocycles. The summed E-state index contributed by atoms with van der Waals surface area (Å²) in [6.07, 6.45) is 4.07. The quantitative estimate of drug-likeness (QED) is 0.854. The van der Waals surface area contributed by atoms with Gasteiger partial charge in [-0.25, -0.2) is 0 Å². The molecule has 1 saturated heterocycles. The molecule has 0 amide bonds. The van der Waals surface area contributed by atoms with E-state index in [-0.39, 0.29) is 0 Å². The maximum absolute atomic E-state index is 4.17. The van der Waals surface area contributed by atoms with Gasteiger partial charge in [0.05, 0.1) is 11.9 Å². The molecule has 3 nitrogen and oxygen atoms in total. The highest BCUT2D eigenvalue weighted by Crippen LogP contribution is 2.22. The molecule has 1 atom stereocenters. The highest BCUT2D eigenvalue weighted by Gasteiger charge is 2.24. The molecule has 88 valence electrons. The molecule has 1 fully saturated rings. The van der Waals surface area contributed by atoms with Crippen LogP contribution in [-0.2, 0) is 6.42 Å². The average Bonchev–Trinajstić information content (AvgIpc) is 2.66. The molecule has 2 rings (SSSR count). The van der Waals surface area contributed by atoms with Gasteiger partial charge in [0.2, 0.25) is 0 Å². The average molecular weight is 284 g/mol. The van der Waals surface area contributed by atoms with E-state index in [0.29, 0.717) is 6.04 Å². The van der Waals surface area contributed by atoms with Crippen molar-refractivity contribution in [1.82, 2.24) is 15.1 Å². The van der Waals surface area contributed by atoms with E-state index < -0.39 is 0 Å². The zero-order valence-corrected chi connectivity index (χ0v) is 11.4. The summed E-state index contributed by atoms with van der Waals surface area (Å²) in [5.41, 5.74) is 1.10. The first-order chi connectivity index (χ1) is 7.65. The highest BCUT2D eigenvalue weighted by atomic mass is 79.9. The molecule has 1 aromatic rings. The Balaban J connectivity index is 1.92. The van der Waals surface area contributed by atoms with Gasteiger partial charge >= 0.3 is 0 Å². The van der Waals surface area contributed by atoms with Crippen molar-refractivity contribution in [3.05, 3.63) is 22.4 Å².